The Morgan fingerprint density at radius 1 is 0.640 bits per heavy atom. The average molecular weight is 360 g/mol. The molecule has 0 fully saturated rings. The number of carbonyl (C=O) groups is 4. The summed E-state index contributed by atoms with van der Waals surface area (Å²) in [5, 5.41) is 0. The summed E-state index contributed by atoms with van der Waals surface area (Å²) in [6.07, 6.45) is 0.346. The molecular formula is C17H28O8. The second-order valence-corrected chi connectivity index (χ2v) is 5.52. The summed E-state index contributed by atoms with van der Waals surface area (Å²) in [4.78, 5) is 45.9. The highest BCUT2D eigenvalue weighted by molar-refractivity contribution is 5.91. The van der Waals surface area contributed by atoms with Gasteiger partial charge < -0.3 is 18.9 Å². The predicted molar refractivity (Wildman–Crippen MR) is 87.4 cm³/mol. The van der Waals surface area contributed by atoms with Gasteiger partial charge in [0.05, 0.1) is 12.0 Å². The molecule has 0 saturated heterocycles. The Bertz CT molecular complexity index is 438. The number of rotatable bonds is 12. The summed E-state index contributed by atoms with van der Waals surface area (Å²) in [5.41, 5.74) is -0.861. The molecule has 0 aromatic carbocycles. The van der Waals surface area contributed by atoms with Crippen LogP contribution >= 0.6 is 0 Å². The zero-order chi connectivity index (χ0) is 19.3. The van der Waals surface area contributed by atoms with Gasteiger partial charge in [-0.1, -0.05) is 20.8 Å². The molecule has 144 valence electrons. The lowest BCUT2D eigenvalue weighted by molar-refractivity contribution is -0.163. The fourth-order valence-corrected chi connectivity index (χ4v) is 1.72. The first kappa shape index (κ1) is 22.9. The van der Waals surface area contributed by atoms with Gasteiger partial charge in [-0.3, -0.25) is 19.2 Å². The molecular weight excluding hydrogens is 332 g/mol. The Labute approximate surface area is 148 Å². The second-order valence-electron chi connectivity index (χ2n) is 5.52. The molecule has 8 nitrogen and oxygen atoms in total. The molecule has 0 amide bonds. The van der Waals surface area contributed by atoms with E-state index in [1.54, 1.807) is 27.7 Å². The van der Waals surface area contributed by atoms with E-state index in [-0.39, 0.29) is 39.3 Å². The van der Waals surface area contributed by atoms with Gasteiger partial charge >= 0.3 is 23.9 Å². The lowest BCUT2D eigenvalue weighted by Crippen LogP contribution is -2.39. The van der Waals surface area contributed by atoms with Crippen molar-refractivity contribution >= 4 is 23.9 Å². The van der Waals surface area contributed by atoms with E-state index in [1.165, 1.54) is 0 Å². The fourth-order valence-electron chi connectivity index (χ4n) is 1.72. The van der Waals surface area contributed by atoms with Gasteiger partial charge in [-0.25, -0.2) is 0 Å². The average Bonchev–Trinajstić information content (AvgIpc) is 2.60. The van der Waals surface area contributed by atoms with Crippen LogP contribution in [-0.2, 0) is 38.1 Å². The van der Waals surface area contributed by atoms with Crippen molar-refractivity contribution in [2.75, 3.05) is 26.4 Å². The summed E-state index contributed by atoms with van der Waals surface area (Å²) in [5.74, 6) is -2.24. The van der Waals surface area contributed by atoms with Gasteiger partial charge in [-0.2, -0.15) is 0 Å². The smallest absolute Gasteiger partial charge is 0.317 e. The molecule has 0 aliphatic carbocycles. The van der Waals surface area contributed by atoms with Crippen LogP contribution in [0.3, 0.4) is 0 Å². The molecule has 0 atom stereocenters. The van der Waals surface area contributed by atoms with Gasteiger partial charge in [0.2, 0.25) is 0 Å². The lowest BCUT2D eigenvalue weighted by Gasteiger charge is -2.31. The van der Waals surface area contributed by atoms with Gasteiger partial charge in [0, 0.05) is 12.8 Å². The first-order chi connectivity index (χ1) is 11.8. The van der Waals surface area contributed by atoms with Crippen molar-refractivity contribution in [3.8, 4) is 0 Å². The summed E-state index contributed by atoms with van der Waals surface area (Å²) in [6.45, 7) is 6.67. The standard InChI is InChI=1S/C17H28O8/c1-5-13(18)23-10-17(7-3,11-24-14(19)6-2)12-25-16(21)9-15(20)22-8-4/h5-12H2,1-4H3. The van der Waals surface area contributed by atoms with Crippen molar-refractivity contribution in [2.45, 2.75) is 53.4 Å². The molecule has 25 heavy (non-hydrogen) atoms. The molecule has 8 heteroatoms. The summed E-state index contributed by atoms with van der Waals surface area (Å²) in [7, 11) is 0. The molecule has 0 spiro atoms. The first-order valence-corrected chi connectivity index (χ1v) is 8.44. The lowest BCUT2D eigenvalue weighted by atomic mass is 9.88. The third-order valence-corrected chi connectivity index (χ3v) is 3.54. The largest absolute Gasteiger partial charge is 0.466 e. The molecule has 0 aromatic heterocycles. The highest BCUT2D eigenvalue weighted by atomic mass is 16.6. The van der Waals surface area contributed by atoms with E-state index in [4.69, 9.17) is 14.2 Å². The van der Waals surface area contributed by atoms with Crippen molar-refractivity contribution in [2.24, 2.45) is 5.41 Å². The molecule has 0 saturated carbocycles. The molecule has 0 unspecified atom stereocenters. The van der Waals surface area contributed by atoms with E-state index >= 15 is 0 Å². The SMILES string of the molecule is CCOC(=O)CC(=O)OCC(CC)(COC(=O)CC)COC(=O)CC. The van der Waals surface area contributed by atoms with Crippen LogP contribution in [0.1, 0.15) is 53.4 Å². The topological polar surface area (TPSA) is 105 Å². The second kappa shape index (κ2) is 12.3. The van der Waals surface area contributed by atoms with E-state index in [2.05, 4.69) is 4.74 Å². The quantitative estimate of drug-likeness (QED) is 0.295. The molecule has 0 aromatic rings. The third kappa shape index (κ3) is 9.69. The third-order valence-electron chi connectivity index (χ3n) is 3.54. The minimum Gasteiger partial charge on any atom is -0.466 e. The number of ether oxygens (including phenoxy) is 4. The maximum absolute atomic E-state index is 11.7. The normalized spacial score (nSPS) is 10.7. The maximum atomic E-state index is 11.7. The van der Waals surface area contributed by atoms with Crippen LogP contribution in [0.2, 0.25) is 0 Å². The van der Waals surface area contributed by atoms with Gasteiger partial charge in [-0.15, -0.1) is 0 Å². The minimum atomic E-state index is -0.861. The van der Waals surface area contributed by atoms with Crippen LogP contribution in [0.25, 0.3) is 0 Å². The maximum Gasteiger partial charge on any atom is 0.317 e. The van der Waals surface area contributed by atoms with Crippen molar-refractivity contribution in [3.05, 3.63) is 0 Å². The Hall–Kier alpha value is -2.12. The number of carbonyl (C=O) groups excluding carboxylic acids is 4. The Balaban J connectivity index is 4.83. The van der Waals surface area contributed by atoms with Crippen LogP contribution in [0.5, 0.6) is 0 Å². The molecule has 0 aliphatic heterocycles. The highest BCUT2D eigenvalue weighted by Gasteiger charge is 2.34. The molecule has 0 radical (unpaired) electrons. The number of esters is 4. The van der Waals surface area contributed by atoms with Crippen molar-refractivity contribution < 1.29 is 38.1 Å². The van der Waals surface area contributed by atoms with E-state index in [9.17, 15) is 19.2 Å². The van der Waals surface area contributed by atoms with E-state index < -0.39 is 35.7 Å². The molecule has 0 rings (SSSR count). The molecule has 0 aliphatic rings. The fraction of sp³-hybridized carbons (Fsp3) is 0.765. The van der Waals surface area contributed by atoms with E-state index in [1.807, 2.05) is 0 Å². The molecule has 0 heterocycles. The minimum absolute atomic E-state index is 0.0557. The number of hydrogen-bond acceptors (Lipinski definition) is 8. The van der Waals surface area contributed by atoms with Gasteiger partial charge in [0.25, 0.3) is 0 Å². The van der Waals surface area contributed by atoms with Gasteiger partial charge in [0.15, 0.2) is 0 Å². The number of hydrogen-bond donors (Lipinski definition) is 0. The van der Waals surface area contributed by atoms with Gasteiger partial charge in [0.1, 0.15) is 26.2 Å². The Morgan fingerprint density at radius 2 is 1.04 bits per heavy atom. The van der Waals surface area contributed by atoms with E-state index in [0.29, 0.717) is 6.42 Å². The van der Waals surface area contributed by atoms with Crippen molar-refractivity contribution in [1.29, 1.82) is 0 Å². The van der Waals surface area contributed by atoms with E-state index in [0.717, 1.165) is 0 Å². The highest BCUT2D eigenvalue weighted by Crippen LogP contribution is 2.25. The monoisotopic (exact) mass is 360 g/mol. The van der Waals surface area contributed by atoms with Crippen molar-refractivity contribution in [1.82, 2.24) is 0 Å². The zero-order valence-corrected chi connectivity index (χ0v) is 15.4. The zero-order valence-electron chi connectivity index (χ0n) is 15.4. The van der Waals surface area contributed by atoms with Crippen LogP contribution in [-0.4, -0.2) is 50.3 Å². The first-order valence-electron chi connectivity index (χ1n) is 8.44. The molecule has 0 N–H and O–H groups in total. The Kier molecular flexibility index (Phi) is 11.2. The van der Waals surface area contributed by atoms with Crippen LogP contribution in [0.4, 0.5) is 0 Å². The van der Waals surface area contributed by atoms with Crippen LogP contribution in [0.15, 0.2) is 0 Å². The molecule has 0 bridgehead atoms. The van der Waals surface area contributed by atoms with Gasteiger partial charge in [-0.05, 0) is 13.3 Å². The summed E-state index contributed by atoms with van der Waals surface area (Å²) >= 11 is 0. The predicted octanol–water partition coefficient (Wildman–Crippen LogP) is 1.79. The van der Waals surface area contributed by atoms with Crippen LogP contribution in [0, 0.1) is 5.41 Å². The summed E-state index contributed by atoms with van der Waals surface area (Å²) in [6, 6.07) is 0. The summed E-state index contributed by atoms with van der Waals surface area (Å²) < 4.78 is 20.1. The Morgan fingerprint density at radius 3 is 1.40 bits per heavy atom. The van der Waals surface area contributed by atoms with Crippen LogP contribution < -0.4 is 0 Å². The van der Waals surface area contributed by atoms with Crippen molar-refractivity contribution in [3.63, 3.8) is 0 Å².